The van der Waals surface area contributed by atoms with Gasteiger partial charge in [0.25, 0.3) is 0 Å². The van der Waals surface area contributed by atoms with Crippen LogP contribution in [0.4, 0.5) is 0 Å². The molecule has 13 heavy (non-hydrogen) atoms. The number of nitrogens with two attached hydrogens (primary N) is 1. The Morgan fingerprint density at radius 2 is 2.00 bits per heavy atom. The normalized spacial score (nSPS) is 8.77. The fraction of sp³-hybridized carbons (Fsp3) is 0.273. The zero-order chi connectivity index (χ0) is 9.52. The minimum atomic E-state index is 0.443. The molecule has 0 heterocycles. The van der Waals surface area contributed by atoms with Crippen molar-refractivity contribution < 1.29 is 4.74 Å². The van der Waals surface area contributed by atoms with Gasteiger partial charge in [-0.15, -0.1) is 5.92 Å². The Morgan fingerprint density at radius 1 is 1.31 bits per heavy atom. The summed E-state index contributed by atoms with van der Waals surface area (Å²) in [5, 5.41) is 0. The predicted octanol–water partition coefficient (Wildman–Crippen LogP) is 1.55. The van der Waals surface area contributed by atoms with Crippen molar-refractivity contribution in [1.82, 2.24) is 0 Å². The minimum absolute atomic E-state index is 0.443. The zero-order valence-electron chi connectivity index (χ0n) is 7.71. The lowest BCUT2D eigenvalue weighted by atomic mass is 10.2. The summed E-state index contributed by atoms with van der Waals surface area (Å²) >= 11 is 0. The van der Waals surface area contributed by atoms with Crippen molar-refractivity contribution in [3.8, 4) is 17.6 Å². The number of benzene rings is 1. The van der Waals surface area contributed by atoms with Crippen molar-refractivity contribution in [1.29, 1.82) is 0 Å². The first-order chi connectivity index (χ1) is 6.36. The van der Waals surface area contributed by atoms with E-state index in [9.17, 15) is 0 Å². The van der Waals surface area contributed by atoms with Crippen molar-refractivity contribution in [2.45, 2.75) is 13.5 Å². The van der Waals surface area contributed by atoms with Gasteiger partial charge in [-0.25, -0.2) is 0 Å². The number of hydrogen-bond donors (Lipinski definition) is 1. The van der Waals surface area contributed by atoms with Gasteiger partial charge in [0.2, 0.25) is 0 Å². The van der Waals surface area contributed by atoms with E-state index in [1.54, 1.807) is 6.92 Å². The summed E-state index contributed by atoms with van der Waals surface area (Å²) in [7, 11) is 0. The quantitative estimate of drug-likeness (QED) is 0.707. The molecule has 2 N–H and O–H groups in total. The van der Waals surface area contributed by atoms with Crippen molar-refractivity contribution in [2.75, 3.05) is 6.61 Å². The third-order valence-corrected chi connectivity index (χ3v) is 1.65. The molecule has 0 unspecified atom stereocenters. The summed E-state index contributed by atoms with van der Waals surface area (Å²) in [6, 6.07) is 7.71. The van der Waals surface area contributed by atoms with Crippen LogP contribution in [0.3, 0.4) is 0 Å². The summed E-state index contributed by atoms with van der Waals surface area (Å²) < 4.78 is 5.33. The highest BCUT2D eigenvalue weighted by atomic mass is 16.5. The van der Waals surface area contributed by atoms with E-state index >= 15 is 0 Å². The van der Waals surface area contributed by atoms with Crippen LogP contribution in [0.25, 0.3) is 0 Å². The first kappa shape index (κ1) is 9.63. The molecule has 0 aliphatic heterocycles. The summed E-state index contributed by atoms with van der Waals surface area (Å²) in [5.41, 5.74) is 6.56. The van der Waals surface area contributed by atoms with Gasteiger partial charge in [-0.3, -0.25) is 0 Å². The average molecular weight is 175 g/mol. The Kier molecular flexibility index (Phi) is 3.87. The molecule has 0 aromatic heterocycles. The lowest BCUT2D eigenvalue weighted by molar-refractivity contribution is 0.370. The fourth-order valence-electron chi connectivity index (χ4n) is 0.913. The lowest BCUT2D eigenvalue weighted by Gasteiger charge is -2.02. The van der Waals surface area contributed by atoms with Crippen LogP contribution in [0.2, 0.25) is 0 Å². The van der Waals surface area contributed by atoms with Crippen molar-refractivity contribution in [3.63, 3.8) is 0 Å². The highest BCUT2D eigenvalue weighted by molar-refractivity contribution is 5.27. The van der Waals surface area contributed by atoms with E-state index in [2.05, 4.69) is 11.8 Å². The van der Waals surface area contributed by atoms with Crippen LogP contribution < -0.4 is 10.5 Å². The summed E-state index contributed by atoms with van der Waals surface area (Å²) in [6.45, 7) is 2.80. The molecule has 1 rings (SSSR count). The van der Waals surface area contributed by atoms with Gasteiger partial charge < -0.3 is 10.5 Å². The molecule has 68 valence electrons. The monoisotopic (exact) mass is 175 g/mol. The van der Waals surface area contributed by atoms with E-state index in [4.69, 9.17) is 10.5 Å². The van der Waals surface area contributed by atoms with Crippen LogP contribution in [-0.2, 0) is 6.54 Å². The highest BCUT2D eigenvalue weighted by Crippen LogP contribution is 2.11. The molecule has 2 nitrogen and oxygen atoms in total. The molecule has 0 bridgehead atoms. The van der Waals surface area contributed by atoms with E-state index in [0.717, 1.165) is 11.3 Å². The molecule has 0 amide bonds. The van der Waals surface area contributed by atoms with E-state index in [1.807, 2.05) is 24.3 Å². The first-order valence-electron chi connectivity index (χ1n) is 4.18. The molecule has 1 aromatic carbocycles. The molecule has 0 atom stereocenters. The van der Waals surface area contributed by atoms with Crippen LogP contribution in [0, 0.1) is 11.8 Å². The summed E-state index contributed by atoms with van der Waals surface area (Å²) in [5.74, 6) is 6.43. The molecule has 0 radical (unpaired) electrons. The summed E-state index contributed by atoms with van der Waals surface area (Å²) in [4.78, 5) is 0. The molecular formula is C11H13NO. The smallest absolute Gasteiger partial charge is 0.149 e. The van der Waals surface area contributed by atoms with Gasteiger partial charge in [0.1, 0.15) is 12.4 Å². The molecule has 0 saturated heterocycles. The number of rotatable bonds is 3. The zero-order valence-corrected chi connectivity index (χ0v) is 7.71. The maximum absolute atomic E-state index is 5.46. The number of hydrogen-bond acceptors (Lipinski definition) is 2. The van der Waals surface area contributed by atoms with Gasteiger partial charge in [-0.05, 0) is 24.6 Å². The van der Waals surface area contributed by atoms with Crippen LogP contribution >= 0.6 is 0 Å². The molecule has 0 aliphatic rings. The van der Waals surface area contributed by atoms with Crippen molar-refractivity contribution >= 4 is 0 Å². The Bertz CT molecular complexity index is 305. The number of ether oxygens (including phenoxy) is 1. The Hall–Kier alpha value is -1.46. The highest BCUT2D eigenvalue weighted by Gasteiger charge is 1.91. The molecule has 0 spiro atoms. The molecule has 1 aromatic rings. The summed E-state index contributed by atoms with van der Waals surface area (Å²) in [6.07, 6.45) is 0. The third-order valence-electron chi connectivity index (χ3n) is 1.65. The largest absolute Gasteiger partial charge is 0.481 e. The lowest BCUT2D eigenvalue weighted by Crippen LogP contribution is -1.97. The van der Waals surface area contributed by atoms with E-state index in [0.29, 0.717) is 13.2 Å². The molecular weight excluding hydrogens is 162 g/mol. The van der Waals surface area contributed by atoms with E-state index < -0.39 is 0 Å². The Labute approximate surface area is 78.7 Å². The van der Waals surface area contributed by atoms with Crippen molar-refractivity contribution in [3.05, 3.63) is 29.8 Å². The predicted molar refractivity (Wildman–Crippen MR) is 53.3 cm³/mol. The Balaban J connectivity index is 2.52. The molecule has 0 aliphatic carbocycles. The minimum Gasteiger partial charge on any atom is -0.481 e. The SMILES string of the molecule is CC#CCOc1ccc(CN)cc1. The maximum Gasteiger partial charge on any atom is 0.149 e. The second kappa shape index (κ2) is 5.23. The van der Waals surface area contributed by atoms with Gasteiger partial charge in [0.15, 0.2) is 0 Å². The molecule has 0 fully saturated rings. The van der Waals surface area contributed by atoms with Crippen molar-refractivity contribution in [2.24, 2.45) is 5.73 Å². The van der Waals surface area contributed by atoms with Crippen LogP contribution in [0.15, 0.2) is 24.3 Å². The van der Waals surface area contributed by atoms with Crippen LogP contribution in [0.1, 0.15) is 12.5 Å². The fourth-order valence-corrected chi connectivity index (χ4v) is 0.913. The Morgan fingerprint density at radius 3 is 2.54 bits per heavy atom. The topological polar surface area (TPSA) is 35.2 Å². The maximum atomic E-state index is 5.46. The first-order valence-corrected chi connectivity index (χ1v) is 4.18. The third kappa shape index (κ3) is 3.18. The van der Waals surface area contributed by atoms with Crippen LogP contribution in [0.5, 0.6) is 5.75 Å². The van der Waals surface area contributed by atoms with E-state index in [1.165, 1.54) is 0 Å². The van der Waals surface area contributed by atoms with E-state index in [-0.39, 0.29) is 0 Å². The second-order valence-electron chi connectivity index (χ2n) is 2.56. The molecule has 2 heteroatoms. The van der Waals surface area contributed by atoms with Gasteiger partial charge in [0, 0.05) is 6.54 Å². The standard InChI is InChI=1S/C11H13NO/c1-2-3-8-13-11-6-4-10(9-12)5-7-11/h4-7H,8-9,12H2,1H3. The van der Waals surface area contributed by atoms with Gasteiger partial charge in [-0.2, -0.15) is 0 Å². The molecule has 0 saturated carbocycles. The van der Waals surface area contributed by atoms with Gasteiger partial charge in [-0.1, -0.05) is 18.1 Å². The van der Waals surface area contributed by atoms with Gasteiger partial charge in [0.05, 0.1) is 0 Å². The second-order valence-corrected chi connectivity index (χ2v) is 2.56. The average Bonchev–Trinajstić information content (AvgIpc) is 2.19. The van der Waals surface area contributed by atoms with Gasteiger partial charge >= 0.3 is 0 Å². The van der Waals surface area contributed by atoms with Crippen LogP contribution in [-0.4, -0.2) is 6.61 Å².